The first-order valence-electron chi connectivity index (χ1n) is 9.21. The lowest BCUT2D eigenvalue weighted by atomic mass is 9.75. The van der Waals surface area contributed by atoms with E-state index in [4.69, 9.17) is 16.3 Å². The highest BCUT2D eigenvalue weighted by molar-refractivity contribution is 6.30. The maximum Gasteiger partial charge on any atom is 0.313 e. The van der Waals surface area contributed by atoms with Crippen LogP contribution >= 0.6 is 11.6 Å². The molecule has 1 aliphatic heterocycles. The summed E-state index contributed by atoms with van der Waals surface area (Å²) < 4.78 is 5.19. The van der Waals surface area contributed by atoms with Crippen molar-refractivity contribution in [2.75, 3.05) is 26.8 Å². The van der Waals surface area contributed by atoms with Crippen molar-refractivity contribution in [2.24, 2.45) is 5.41 Å². The van der Waals surface area contributed by atoms with Gasteiger partial charge in [-0.25, -0.2) is 0 Å². The first kappa shape index (κ1) is 19.2. The molecule has 5 nitrogen and oxygen atoms in total. The van der Waals surface area contributed by atoms with Crippen molar-refractivity contribution in [3.63, 3.8) is 0 Å². The van der Waals surface area contributed by atoms with Crippen molar-refractivity contribution in [3.8, 4) is 0 Å². The van der Waals surface area contributed by atoms with E-state index >= 15 is 0 Å². The number of carbonyl (C=O) groups is 2. The highest BCUT2D eigenvalue weighted by Gasteiger charge is 2.49. The Morgan fingerprint density at radius 2 is 1.81 bits per heavy atom. The number of carboxylic acids is 1. The van der Waals surface area contributed by atoms with E-state index in [0.717, 1.165) is 31.2 Å². The first-order valence-corrected chi connectivity index (χ1v) is 9.59. The largest absolute Gasteiger partial charge is 0.481 e. The van der Waals surface area contributed by atoms with Gasteiger partial charge in [0.05, 0.1) is 12.0 Å². The second kappa shape index (κ2) is 7.57. The molecular weight excluding hydrogens is 354 g/mol. The van der Waals surface area contributed by atoms with Gasteiger partial charge in [-0.05, 0) is 43.4 Å². The van der Waals surface area contributed by atoms with Crippen molar-refractivity contribution in [1.29, 1.82) is 0 Å². The van der Waals surface area contributed by atoms with E-state index in [1.807, 2.05) is 24.3 Å². The van der Waals surface area contributed by atoms with Crippen molar-refractivity contribution in [1.82, 2.24) is 4.90 Å². The summed E-state index contributed by atoms with van der Waals surface area (Å²) in [6.07, 6.45) is 4.82. The lowest BCUT2D eigenvalue weighted by Gasteiger charge is -2.43. The highest BCUT2D eigenvalue weighted by Crippen LogP contribution is 2.44. The molecule has 1 aliphatic carbocycles. The zero-order chi connectivity index (χ0) is 18.8. The molecule has 1 heterocycles. The number of likely N-dealkylation sites (tertiary alicyclic amines) is 1. The molecule has 6 heteroatoms. The molecule has 1 N–H and O–H groups in total. The summed E-state index contributed by atoms with van der Waals surface area (Å²) in [4.78, 5) is 27.3. The predicted molar refractivity (Wildman–Crippen MR) is 99.4 cm³/mol. The molecule has 142 valence electrons. The van der Waals surface area contributed by atoms with Crippen LogP contribution in [0.3, 0.4) is 0 Å². The van der Waals surface area contributed by atoms with E-state index in [1.165, 1.54) is 7.11 Å². The monoisotopic (exact) mass is 379 g/mol. The highest BCUT2D eigenvalue weighted by atomic mass is 35.5. The number of nitrogens with zero attached hydrogens (tertiary/aromatic N) is 1. The van der Waals surface area contributed by atoms with Crippen LogP contribution in [0.1, 0.15) is 44.1 Å². The van der Waals surface area contributed by atoms with Crippen molar-refractivity contribution in [2.45, 2.75) is 43.9 Å². The molecule has 1 saturated heterocycles. The molecule has 1 saturated carbocycles. The molecule has 26 heavy (non-hydrogen) atoms. The number of carbonyl (C=O) groups excluding carboxylic acids is 1. The van der Waals surface area contributed by atoms with E-state index in [-0.39, 0.29) is 19.1 Å². The standard InChI is InChI=1S/C20H26ClNO4/c1-26-14-19(18(24)25)9-4-12-22(13-19)17(23)20(10-2-3-11-20)15-5-7-16(21)8-6-15/h5-8H,2-4,9-14H2,1H3,(H,24,25). The van der Waals surface area contributed by atoms with Gasteiger partial charge < -0.3 is 14.7 Å². The van der Waals surface area contributed by atoms with Crippen molar-refractivity contribution in [3.05, 3.63) is 34.9 Å². The number of hydrogen-bond donors (Lipinski definition) is 1. The maximum absolute atomic E-state index is 13.6. The Morgan fingerprint density at radius 1 is 1.15 bits per heavy atom. The number of ether oxygens (including phenoxy) is 1. The van der Waals surface area contributed by atoms with E-state index in [0.29, 0.717) is 24.4 Å². The lowest BCUT2D eigenvalue weighted by Crippen LogP contribution is -2.56. The second-order valence-corrected chi connectivity index (χ2v) is 8.08. The van der Waals surface area contributed by atoms with Crippen LogP contribution in [0, 0.1) is 5.41 Å². The fraction of sp³-hybridized carbons (Fsp3) is 0.600. The zero-order valence-corrected chi connectivity index (χ0v) is 15.9. The number of hydrogen-bond acceptors (Lipinski definition) is 3. The Balaban J connectivity index is 1.90. The first-order chi connectivity index (χ1) is 12.4. The summed E-state index contributed by atoms with van der Waals surface area (Å²) in [5, 5.41) is 10.4. The van der Waals surface area contributed by atoms with Crippen LogP contribution in [-0.4, -0.2) is 48.7 Å². The Bertz CT molecular complexity index is 665. The number of carboxylic acid groups (broad SMARTS) is 1. The number of piperidine rings is 1. The van der Waals surface area contributed by atoms with Crippen LogP contribution in [0.25, 0.3) is 0 Å². The summed E-state index contributed by atoms with van der Waals surface area (Å²) >= 11 is 6.02. The molecule has 1 unspecified atom stereocenters. The van der Waals surface area contributed by atoms with Crippen molar-refractivity contribution < 1.29 is 19.4 Å². The third-order valence-electron chi connectivity index (χ3n) is 6.00. The molecule has 3 rings (SSSR count). The Morgan fingerprint density at radius 3 is 2.38 bits per heavy atom. The van der Waals surface area contributed by atoms with Crippen LogP contribution in [0.15, 0.2) is 24.3 Å². The number of methoxy groups -OCH3 is 1. The third-order valence-corrected chi connectivity index (χ3v) is 6.25. The average molecular weight is 380 g/mol. The molecule has 1 atom stereocenters. The van der Waals surface area contributed by atoms with E-state index in [9.17, 15) is 14.7 Å². The van der Waals surface area contributed by atoms with Crippen LogP contribution in [0.5, 0.6) is 0 Å². The quantitative estimate of drug-likeness (QED) is 0.850. The van der Waals surface area contributed by atoms with E-state index < -0.39 is 16.8 Å². The van der Waals surface area contributed by atoms with Crippen LogP contribution in [0.2, 0.25) is 5.02 Å². The van der Waals surface area contributed by atoms with Crippen LogP contribution < -0.4 is 0 Å². The van der Waals surface area contributed by atoms with Crippen molar-refractivity contribution >= 4 is 23.5 Å². The smallest absolute Gasteiger partial charge is 0.313 e. The minimum absolute atomic E-state index is 0.0544. The van der Waals surface area contributed by atoms with E-state index in [1.54, 1.807) is 4.90 Å². The molecule has 1 aromatic rings. The van der Waals surface area contributed by atoms with Gasteiger partial charge in [0.15, 0.2) is 0 Å². The van der Waals surface area contributed by atoms with Gasteiger partial charge in [0.25, 0.3) is 0 Å². The molecule has 0 radical (unpaired) electrons. The van der Waals surface area contributed by atoms with Gasteiger partial charge in [-0.15, -0.1) is 0 Å². The summed E-state index contributed by atoms with van der Waals surface area (Å²) in [6.45, 7) is 0.942. The van der Waals surface area contributed by atoms with Crippen LogP contribution in [-0.2, 0) is 19.7 Å². The molecule has 1 aromatic carbocycles. The van der Waals surface area contributed by atoms with Gasteiger partial charge in [0, 0.05) is 25.2 Å². The molecule has 0 bridgehead atoms. The fourth-order valence-electron chi connectivity index (χ4n) is 4.61. The van der Waals surface area contributed by atoms with Crippen LogP contribution in [0.4, 0.5) is 0 Å². The minimum atomic E-state index is -1.01. The average Bonchev–Trinajstić information content (AvgIpc) is 3.13. The van der Waals surface area contributed by atoms with Gasteiger partial charge in [-0.3, -0.25) is 9.59 Å². The maximum atomic E-state index is 13.6. The molecule has 2 aliphatic rings. The van der Waals surface area contributed by atoms with Gasteiger partial charge in [0.2, 0.25) is 5.91 Å². The fourth-order valence-corrected chi connectivity index (χ4v) is 4.74. The zero-order valence-electron chi connectivity index (χ0n) is 15.2. The molecule has 0 aromatic heterocycles. The number of rotatable bonds is 5. The lowest BCUT2D eigenvalue weighted by molar-refractivity contribution is -0.160. The molecule has 2 fully saturated rings. The van der Waals surface area contributed by atoms with E-state index in [2.05, 4.69) is 0 Å². The second-order valence-electron chi connectivity index (χ2n) is 7.64. The minimum Gasteiger partial charge on any atom is -0.481 e. The predicted octanol–water partition coefficient (Wildman–Crippen LogP) is 3.49. The number of aliphatic carboxylic acids is 1. The summed E-state index contributed by atoms with van der Waals surface area (Å²) in [5.41, 5.74) is -0.579. The normalized spacial score (nSPS) is 25.2. The molecule has 1 amide bonds. The summed E-state index contributed by atoms with van der Waals surface area (Å²) in [5.74, 6) is -0.831. The number of amides is 1. The molecular formula is C20H26ClNO4. The van der Waals surface area contributed by atoms with Gasteiger partial charge in [0.1, 0.15) is 5.41 Å². The SMILES string of the molecule is COCC1(C(=O)O)CCCN(C(=O)C2(c3ccc(Cl)cc3)CCCC2)C1. The molecule has 0 spiro atoms. The number of halogens is 1. The summed E-state index contributed by atoms with van der Waals surface area (Å²) in [7, 11) is 1.51. The Labute approximate surface area is 159 Å². The van der Waals surface area contributed by atoms with Gasteiger partial charge >= 0.3 is 5.97 Å². The van der Waals surface area contributed by atoms with Gasteiger partial charge in [-0.2, -0.15) is 0 Å². The third kappa shape index (κ3) is 3.35. The topological polar surface area (TPSA) is 66.8 Å². The Hall–Kier alpha value is -1.59. The number of benzene rings is 1. The summed E-state index contributed by atoms with van der Waals surface area (Å²) in [6, 6.07) is 7.53. The van der Waals surface area contributed by atoms with Gasteiger partial charge in [-0.1, -0.05) is 36.6 Å². The Kier molecular flexibility index (Phi) is 5.58.